The first-order valence-corrected chi connectivity index (χ1v) is 13.3. The van der Waals surface area contributed by atoms with E-state index in [0.29, 0.717) is 53.8 Å². The van der Waals surface area contributed by atoms with Crippen LogP contribution in [0.25, 0.3) is 0 Å². The number of carbonyl (C=O) groups is 2. The average Bonchev–Trinajstić information content (AvgIpc) is 3.56. The largest absolute Gasteiger partial charge is 0.383 e. The number of ether oxygens (including phenoxy) is 1. The Morgan fingerprint density at radius 2 is 1.73 bits per heavy atom. The van der Waals surface area contributed by atoms with Crippen LogP contribution in [0.3, 0.4) is 0 Å². The molecular weight excluding hydrogens is 462 g/mol. The Labute approximate surface area is 217 Å². The van der Waals surface area contributed by atoms with Crippen LogP contribution in [0.1, 0.15) is 63.1 Å². The fourth-order valence-corrected chi connectivity index (χ4v) is 6.96. The third-order valence-electron chi connectivity index (χ3n) is 8.52. The Morgan fingerprint density at radius 3 is 2.57 bits per heavy atom. The van der Waals surface area contributed by atoms with Crippen molar-refractivity contribution in [3.63, 3.8) is 0 Å². The molecule has 2 amide bonds. The van der Waals surface area contributed by atoms with Crippen molar-refractivity contribution >= 4 is 23.2 Å². The van der Waals surface area contributed by atoms with E-state index in [2.05, 4.69) is 58.4 Å². The van der Waals surface area contributed by atoms with E-state index in [1.54, 1.807) is 25.3 Å². The molecule has 37 heavy (non-hydrogen) atoms. The number of anilines is 2. The fourth-order valence-electron chi connectivity index (χ4n) is 6.96. The smallest absolute Gasteiger partial charge is 0.255 e. The summed E-state index contributed by atoms with van der Waals surface area (Å²) in [5, 5.41) is 9.65. The standard InChI is InChI=1S/C31H33N3O3/c1-37-16-15-32-31(36)23-9-5-6-10-25(23)34-30(35)22-13-14-26-24(18-22)27-20-11-12-21(17-20)28(27)29(33-26)19-7-3-2-4-8-19/h2-10,13-14,18,20-21,27-29,33H,11-12,15-17H2,1H3,(H,32,36)(H,34,35)/t20-,21-,27-,28+,29-/m0/s1. The normalized spacial score (nSPS) is 25.1. The maximum atomic E-state index is 13.4. The van der Waals surface area contributed by atoms with Crippen LogP contribution in [-0.2, 0) is 4.74 Å². The van der Waals surface area contributed by atoms with Gasteiger partial charge in [0.15, 0.2) is 0 Å². The molecule has 0 saturated heterocycles. The van der Waals surface area contributed by atoms with Crippen molar-refractivity contribution in [1.82, 2.24) is 5.32 Å². The van der Waals surface area contributed by atoms with E-state index >= 15 is 0 Å². The Morgan fingerprint density at radius 1 is 0.946 bits per heavy atom. The van der Waals surface area contributed by atoms with Crippen LogP contribution >= 0.6 is 0 Å². The summed E-state index contributed by atoms with van der Waals surface area (Å²) >= 11 is 0. The number of hydrogen-bond acceptors (Lipinski definition) is 4. The van der Waals surface area contributed by atoms with Crippen LogP contribution < -0.4 is 16.0 Å². The SMILES string of the molecule is COCCNC(=O)c1ccccc1NC(=O)c1ccc2c(c1)[C@@H]1[C@H]3CC[C@@H](C3)[C@H]1[C@H](c1ccccc1)N2. The predicted molar refractivity (Wildman–Crippen MR) is 145 cm³/mol. The Kier molecular flexibility index (Phi) is 6.43. The van der Waals surface area contributed by atoms with Gasteiger partial charge >= 0.3 is 0 Å². The van der Waals surface area contributed by atoms with Crippen LogP contribution in [0.4, 0.5) is 11.4 Å². The van der Waals surface area contributed by atoms with Gasteiger partial charge in [-0.1, -0.05) is 42.5 Å². The number of methoxy groups -OCH3 is 1. The Bertz CT molecular complexity index is 1310. The first kappa shape index (κ1) is 23.7. The van der Waals surface area contributed by atoms with E-state index in [0.717, 1.165) is 11.6 Å². The van der Waals surface area contributed by atoms with Gasteiger partial charge in [0, 0.05) is 24.9 Å². The van der Waals surface area contributed by atoms with Gasteiger partial charge in [0.25, 0.3) is 11.8 Å². The number of amides is 2. The zero-order valence-electron chi connectivity index (χ0n) is 21.1. The lowest BCUT2D eigenvalue weighted by Gasteiger charge is -2.43. The van der Waals surface area contributed by atoms with Crippen molar-refractivity contribution in [3.8, 4) is 0 Å². The van der Waals surface area contributed by atoms with Crippen LogP contribution in [0.2, 0.25) is 0 Å². The molecule has 0 radical (unpaired) electrons. The van der Waals surface area contributed by atoms with Gasteiger partial charge in [-0.25, -0.2) is 0 Å². The molecule has 6 rings (SSSR count). The molecule has 6 nitrogen and oxygen atoms in total. The molecule has 1 aliphatic heterocycles. The lowest BCUT2D eigenvalue weighted by molar-refractivity contribution is 0.0938. The van der Waals surface area contributed by atoms with E-state index in [1.165, 1.54) is 30.4 Å². The number of nitrogens with one attached hydrogen (secondary N) is 3. The van der Waals surface area contributed by atoms with Crippen LogP contribution in [-0.4, -0.2) is 32.1 Å². The monoisotopic (exact) mass is 495 g/mol. The quantitative estimate of drug-likeness (QED) is 0.372. The summed E-state index contributed by atoms with van der Waals surface area (Å²) in [7, 11) is 1.59. The topological polar surface area (TPSA) is 79.5 Å². The van der Waals surface area contributed by atoms with Crippen LogP contribution in [0.15, 0.2) is 72.8 Å². The molecule has 2 aliphatic carbocycles. The van der Waals surface area contributed by atoms with Gasteiger partial charge in [0.1, 0.15) is 0 Å². The van der Waals surface area contributed by atoms with Crippen molar-refractivity contribution in [1.29, 1.82) is 0 Å². The number of benzene rings is 3. The molecule has 3 N–H and O–H groups in total. The number of para-hydroxylation sites is 1. The molecule has 3 aliphatic rings. The minimum absolute atomic E-state index is 0.204. The highest BCUT2D eigenvalue weighted by Crippen LogP contribution is 2.63. The van der Waals surface area contributed by atoms with Crippen LogP contribution in [0, 0.1) is 17.8 Å². The summed E-state index contributed by atoms with van der Waals surface area (Å²) in [5.41, 5.74) is 5.30. The molecule has 3 aromatic rings. The van der Waals surface area contributed by atoms with E-state index in [1.807, 2.05) is 12.1 Å². The Balaban J connectivity index is 1.27. The van der Waals surface area contributed by atoms with Gasteiger partial charge in [-0.15, -0.1) is 0 Å². The lowest BCUT2D eigenvalue weighted by Crippen LogP contribution is -2.35. The molecule has 2 bridgehead atoms. The first-order valence-electron chi connectivity index (χ1n) is 13.3. The van der Waals surface area contributed by atoms with Gasteiger partial charge in [0.2, 0.25) is 0 Å². The summed E-state index contributed by atoms with van der Waals surface area (Å²) in [6.07, 6.45) is 3.85. The maximum absolute atomic E-state index is 13.4. The summed E-state index contributed by atoms with van der Waals surface area (Å²) in [6, 6.07) is 24.2. The number of carbonyl (C=O) groups excluding carboxylic acids is 2. The molecule has 3 aromatic carbocycles. The van der Waals surface area contributed by atoms with Crippen molar-refractivity contribution in [2.75, 3.05) is 30.9 Å². The first-order chi connectivity index (χ1) is 18.1. The van der Waals surface area contributed by atoms with Crippen molar-refractivity contribution in [2.24, 2.45) is 17.8 Å². The van der Waals surface area contributed by atoms with E-state index < -0.39 is 0 Å². The highest BCUT2D eigenvalue weighted by molar-refractivity contribution is 6.09. The molecule has 6 heteroatoms. The predicted octanol–water partition coefficient (Wildman–Crippen LogP) is 5.61. The minimum Gasteiger partial charge on any atom is -0.383 e. The third-order valence-corrected chi connectivity index (χ3v) is 8.52. The highest BCUT2D eigenvalue weighted by Gasteiger charge is 2.53. The van der Waals surface area contributed by atoms with Crippen LogP contribution in [0.5, 0.6) is 0 Å². The van der Waals surface area contributed by atoms with Crippen molar-refractivity contribution < 1.29 is 14.3 Å². The molecule has 5 atom stereocenters. The summed E-state index contributed by atoms with van der Waals surface area (Å²) < 4.78 is 5.02. The summed E-state index contributed by atoms with van der Waals surface area (Å²) in [5.74, 6) is 1.97. The molecule has 0 aromatic heterocycles. The van der Waals surface area contributed by atoms with E-state index in [-0.39, 0.29) is 11.8 Å². The zero-order valence-corrected chi connectivity index (χ0v) is 21.1. The number of fused-ring (bicyclic) bond motifs is 7. The minimum atomic E-state index is -0.237. The molecular formula is C31H33N3O3. The van der Waals surface area contributed by atoms with Gasteiger partial charge < -0.3 is 20.7 Å². The van der Waals surface area contributed by atoms with Gasteiger partial charge in [0.05, 0.1) is 23.9 Å². The summed E-state index contributed by atoms with van der Waals surface area (Å²) in [6.45, 7) is 0.836. The van der Waals surface area contributed by atoms with Gasteiger partial charge in [-0.3, -0.25) is 9.59 Å². The van der Waals surface area contributed by atoms with Crippen molar-refractivity contribution in [3.05, 3.63) is 95.1 Å². The van der Waals surface area contributed by atoms with Crippen molar-refractivity contribution in [2.45, 2.75) is 31.2 Å². The lowest BCUT2D eigenvalue weighted by atomic mass is 9.68. The molecule has 0 unspecified atom stereocenters. The molecule has 0 spiro atoms. The van der Waals surface area contributed by atoms with Gasteiger partial charge in [-0.05, 0) is 84.4 Å². The van der Waals surface area contributed by atoms with E-state index in [9.17, 15) is 9.59 Å². The zero-order chi connectivity index (χ0) is 25.4. The average molecular weight is 496 g/mol. The third kappa shape index (κ3) is 4.40. The number of hydrogen-bond donors (Lipinski definition) is 3. The maximum Gasteiger partial charge on any atom is 0.255 e. The second-order valence-electron chi connectivity index (χ2n) is 10.5. The Hall–Kier alpha value is -3.64. The molecule has 2 saturated carbocycles. The van der Waals surface area contributed by atoms with Gasteiger partial charge in [-0.2, -0.15) is 0 Å². The second kappa shape index (κ2) is 10.0. The fraction of sp³-hybridized carbons (Fsp3) is 0.355. The second-order valence-corrected chi connectivity index (χ2v) is 10.5. The van der Waals surface area contributed by atoms with E-state index in [4.69, 9.17) is 4.74 Å². The molecule has 2 fully saturated rings. The highest BCUT2D eigenvalue weighted by atomic mass is 16.5. The summed E-state index contributed by atoms with van der Waals surface area (Å²) in [4.78, 5) is 26.1. The number of rotatable bonds is 7. The molecule has 1 heterocycles. The molecule has 190 valence electrons.